The highest BCUT2D eigenvalue weighted by atomic mass is 16.5. The van der Waals surface area contributed by atoms with E-state index in [0.29, 0.717) is 6.04 Å². The lowest BCUT2D eigenvalue weighted by Gasteiger charge is -2.39. The van der Waals surface area contributed by atoms with E-state index in [2.05, 4.69) is 94.8 Å². The third kappa shape index (κ3) is 3.65. The van der Waals surface area contributed by atoms with Gasteiger partial charge in [-0.15, -0.1) is 0 Å². The molecule has 4 heteroatoms. The maximum atomic E-state index is 6.55. The minimum absolute atomic E-state index is 0.210. The Morgan fingerprint density at radius 2 is 1.60 bits per heavy atom. The third-order valence-electron chi connectivity index (χ3n) is 6.17. The smallest absolute Gasteiger partial charge is 0.123 e. The second-order valence-electron chi connectivity index (χ2n) is 8.12. The number of nitrogens with one attached hydrogen (secondary N) is 1. The fourth-order valence-electron chi connectivity index (χ4n) is 4.66. The van der Waals surface area contributed by atoms with E-state index in [9.17, 15) is 0 Å². The highest BCUT2D eigenvalue weighted by molar-refractivity contribution is 5.83. The van der Waals surface area contributed by atoms with Crippen LogP contribution in [0.5, 0.6) is 5.75 Å². The Balaban J connectivity index is 1.40. The van der Waals surface area contributed by atoms with Gasteiger partial charge < -0.3 is 9.64 Å². The zero-order chi connectivity index (χ0) is 20.3. The molecule has 152 valence electrons. The Hall–Kier alpha value is -3.27. The fraction of sp³-hybridized carbons (Fsp3) is 0.269. The second kappa shape index (κ2) is 8.23. The van der Waals surface area contributed by atoms with E-state index in [-0.39, 0.29) is 6.10 Å². The molecule has 1 aromatic heterocycles. The summed E-state index contributed by atoms with van der Waals surface area (Å²) in [5, 5.41) is 8.34. The van der Waals surface area contributed by atoms with E-state index in [0.717, 1.165) is 35.1 Å². The van der Waals surface area contributed by atoms with Gasteiger partial charge in [-0.1, -0.05) is 36.4 Å². The van der Waals surface area contributed by atoms with Gasteiger partial charge in [0.15, 0.2) is 0 Å². The van der Waals surface area contributed by atoms with E-state index in [1.165, 1.54) is 24.2 Å². The van der Waals surface area contributed by atoms with Crippen LogP contribution in [0, 0.1) is 6.92 Å². The first-order valence-corrected chi connectivity index (χ1v) is 10.8. The van der Waals surface area contributed by atoms with Crippen LogP contribution in [0.25, 0.3) is 10.9 Å². The zero-order valence-electron chi connectivity index (χ0n) is 17.3. The van der Waals surface area contributed by atoms with Crippen LogP contribution in [0.3, 0.4) is 0 Å². The number of fused-ring (bicyclic) bond motifs is 1. The highest BCUT2D eigenvalue weighted by Gasteiger charge is 2.29. The predicted octanol–water partition coefficient (Wildman–Crippen LogP) is 6.40. The summed E-state index contributed by atoms with van der Waals surface area (Å²) in [6.07, 6.45) is 6.53. The number of para-hydroxylation sites is 2. The molecule has 2 atom stereocenters. The number of hydrogen-bond acceptors (Lipinski definition) is 3. The van der Waals surface area contributed by atoms with Crippen LogP contribution in [-0.2, 0) is 0 Å². The summed E-state index contributed by atoms with van der Waals surface area (Å²) in [4.78, 5) is 2.49. The number of aromatic amines is 1. The van der Waals surface area contributed by atoms with Gasteiger partial charge in [0, 0.05) is 34.8 Å². The van der Waals surface area contributed by atoms with Gasteiger partial charge in [-0.2, -0.15) is 5.10 Å². The number of anilines is 2. The Labute approximate surface area is 177 Å². The summed E-state index contributed by atoms with van der Waals surface area (Å²) >= 11 is 0. The van der Waals surface area contributed by atoms with Crippen molar-refractivity contribution in [3.05, 3.63) is 84.6 Å². The molecular formula is C26H27N3O. The van der Waals surface area contributed by atoms with Crippen LogP contribution < -0.4 is 9.64 Å². The highest BCUT2D eigenvalue weighted by Crippen LogP contribution is 2.36. The second-order valence-corrected chi connectivity index (χ2v) is 8.12. The van der Waals surface area contributed by atoms with Crippen molar-refractivity contribution in [2.24, 2.45) is 0 Å². The van der Waals surface area contributed by atoms with Crippen LogP contribution >= 0.6 is 0 Å². The first-order chi connectivity index (χ1) is 14.8. The van der Waals surface area contributed by atoms with Crippen molar-refractivity contribution in [2.45, 2.75) is 44.8 Å². The zero-order valence-corrected chi connectivity index (χ0v) is 17.3. The molecule has 4 aromatic rings. The molecule has 1 saturated carbocycles. The summed E-state index contributed by atoms with van der Waals surface area (Å²) in [6.45, 7) is 2.12. The molecule has 4 nitrogen and oxygen atoms in total. The molecule has 0 spiro atoms. The lowest BCUT2D eigenvalue weighted by molar-refractivity contribution is 0.143. The van der Waals surface area contributed by atoms with Crippen LogP contribution in [0.4, 0.5) is 11.4 Å². The molecule has 0 aliphatic heterocycles. The van der Waals surface area contributed by atoms with Crippen molar-refractivity contribution in [2.75, 3.05) is 4.90 Å². The minimum atomic E-state index is 0.210. The van der Waals surface area contributed by atoms with Crippen molar-refractivity contribution in [1.82, 2.24) is 10.2 Å². The van der Waals surface area contributed by atoms with Crippen molar-refractivity contribution >= 4 is 22.3 Å². The topological polar surface area (TPSA) is 41.1 Å². The molecule has 1 heterocycles. The van der Waals surface area contributed by atoms with E-state index in [4.69, 9.17) is 4.74 Å². The molecule has 5 rings (SSSR count). The molecule has 0 saturated heterocycles. The lowest BCUT2D eigenvalue weighted by atomic mass is 9.90. The van der Waals surface area contributed by atoms with Gasteiger partial charge in [-0.25, -0.2) is 0 Å². The van der Waals surface area contributed by atoms with E-state index in [1.807, 2.05) is 6.20 Å². The van der Waals surface area contributed by atoms with Crippen molar-refractivity contribution in [3.63, 3.8) is 0 Å². The van der Waals surface area contributed by atoms with E-state index >= 15 is 0 Å². The molecule has 0 bridgehead atoms. The van der Waals surface area contributed by atoms with E-state index in [1.54, 1.807) is 0 Å². The third-order valence-corrected chi connectivity index (χ3v) is 6.17. The SMILES string of the molecule is Cc1c(O[C@@H]2CCC[C@H](N(c3ccccc3)c3ccccc3)C2)ccc2[nH]ncc12. The summed E-state index contributed by atoms with van der Waals surface area (Å²) in [5.74, 6) is 0.973. The summed E-state index contributed by atoms with van der Waals surface area (Å²) < 4.78 is 6.55. The Kier molecular flexibility index (Phi) is 5.14. The predicted molar refractivity (Wildman–Crippen MR) is 123 cm³/mol. The van der Waals surface area contributed by atoms with Gasteiger partial charge >= 0.3 is 0 Å². The summed E-state index contributed by atoms with van der Waals surface area (Å²) in [6, 6.07) is 26.0. The lowest BCUT2D eigenvalue weighted by Crippen LogP contribution is -2.39. The molecule has 30 heavy (non-hydrogen) atoms. The largest absolute Gasteiger partial charge is 0.490 e. The van der Waals surface area contributed by atoms with Crippen LogP contribution in [0.15, 0.2) is 79.0 Å². The number of aromatic nitrogens is 2. The number of aryl methyl sites for hydroxylation is 1. The molecule has 1 N–H and O–H groups in total. The molecule has 1 fully saturated rings. The quantitative estimate of drug-likeness (QED) is 0.424. The number of benzene rings is 3. The Morgan fingerprint density at radius 3 is 2.30 bits per heavy atom. The monoisotopic (exact) mass is 397 g/mol. The summed E-state index contributed by atoms with van der Waals surface area (Å²) in [7, 11) is 0. The number of nitrogens with zero attached hydrogens (tertiary/aromatic N) is 2. The van der Waals surface area contributed by atoms with Gasteiger partial charge in [0.1, 0.15) is 11.9 Å². The molecular weight excluding hydrogens is 370 g/mol. The van der Waals surface area contributed by atoms with Crippen LogP contribution in [0.2, 0.25) is 0 Å². The number of hydrogen-bond donors (Lipinski definition) is 1. The summed E-state index contributed by atoms with van der Waals surface area (Å²) in [5.41, 5.74) is 4.70. The molecule has 1 aliphatic carbocycles. The fourth-order valence-corrected chi connectivity index (χ4v) is 4.66. The molecule has 0 unspecified atom stereocenters. The van der Waals surface area contributed by atoms with Crippen molar-refractivity contribution < 1.29 is 4.74 Å². The van der Waals surface area contributed by atoms with Gasteiger partial charge in [-0.3, -0.25) is 5.10 Å². The average molecular weight is 398 g/mol. The van der Waals surface area contributed by atoms with Gasteiger partial charge in [0.2, 0.25) is 0 Å². The number of ether oxygens (including phenoxy) is 1. The van der Waals surface area contributed by atoms with Gasteiger partial charge in [0.25, 0.3) is 0 Å². The number of rotatable bonds is 5. The Morgan fingerprint density at radius 1 is 0.900 bits per heavy atom. The molecule has 0 radical (unpaired) electrons. The standard InChI is InChI=1S/C26H27N3O/c1-19-24-18-27-28-25(24)15-16-26(19)30-23-14-8-13-22(17-23)29(20-9-4-2-5-10-20)21-11-6-3-7-12-21/h2-7,9-12,15-16,18,22-23H,8,13-14,17H2,1H3,(H,27,28)/t22-,23+/m0/s1. The molecule has 0 amide bonds. The average Bonchev–Trinajstić information content (AvgIpc) is 3.28. The van der Waals surface area contributed by atoms with Gasteiger partial charge in [-0.05, 0) is 62.6 Å². The Bertz CT molecular complexity index is 1070. The molecule has 1 aliphatic rings. The number of H-pyrrole nitrogens is 1. The van der Waals surface area contributed by atoms with Crippen molar-refractivity contribution in [3.8, 4) is 5.75 Å². The molecule has 3 aromatic carbocycles. The van der Waals surface area contributed by atoms with Crippen LogP contribution in [-0.4, -0.2) is 22.3 Å². The maximum absolute atomic E-state index is 6.55. The van der Waals surface area contributed by atoms with E-state index < -0.39 is 0 Å². The van der Waals surface area contributed by atoms with Crippen molar-refractivity contribution in [1.29, 1.82) is 0 Å². The first-order valence-electron chi connectivity index (χ1n) is 10.8. The normalized spacial score (nSPS) is 19.0. The van der Waals surface area contributed by atoms with Crippen LogP contribution in [0.1, 0.15) is 31.2 Å². The first kappa shape index (κ1) is 18.7. The van der Waals surface area contributed by atoms with Gasteiger partial charge in [0.05, 0.1) is 11.7 Å². The minimum Gasteiger partial charge on any atom is -0.490 e. The maximum Gasteiger partial charge on any atom is 0.123 e.